The van der Waals surface area contributed by atoms with Gasteiger partial charge in [0, 0.05) is 5.54 Å². The largest absolute Gasteiger partial charge is 0.309 e. The number of likely N-dealkylation sites (N-methyl/N-ethyl adjacent to an activating group) is 2. The van der Waals surface area contributed by atoms with Crippen LogP contribution >= 0.6 is 0 Å². The Kier molecular flexibility index (Phi) is 6.02. The first-order chi connectivity index (χ1) is 8.99. The zero-order valence-electron chi connectivity index (χ0n) is 13.5. The van der Waals surface area contributed by atoms with Gasteiger partial charge in [-0.05, 0) is 51.5 Å². The van der Waals surface area contributed by atoms with Gasteiger partial charge in [0.1, 0.15) is 0 Å². The molecule has 2 atom stereocenters. The Balaban J connectivity index is 3.18. The second kappa shape index (κ2) is 7.06. The Morgan fingerprint density at radius 2 is 1.89 bits per heavy atom. The smallest absolute Gasteiger partial charge is 0.0504 e. The van der Waals surface area contributed by atoms with E-state index in [1.54, 1.807) is 0 Å². The number of rotatable bonds is 7. The van der Waals surface area contributed by atoms with Crippen molar-refractivity contribution in [3.05, 3.63) is 35.4 Å². The van der Waals surface area contributed by atoms with Crippen molar-refractivity contribution in [2.75, 3.05) is 20.6 Å². The highest BCUT2D eigenvalue weighted by Gasteiger charge is 2.35. The van der Waals surface area contributed by atoms with E-state index in [0.29, 0.717) is 6.04 Å². The van der Waals surface area contributed by atoms with Crippen LogP contribution in [0.15, 0.2) is 24.3 Å². The molecule has 2 nitrogen and oxygen atoms in total. The van der Waals surface area contributed by atoms with Crippen LogP contribution in [-0.2, 0) is 6.42 Å². The number of aryl methyl sites for hydroxylation is 1. The summed E-state index contributed by atoms with van der Waals surface area (Å²) in [4.78, 5) is 2.35. The van der Waals surface area contributed by atoms with Crippen LogP contribution in [0.5, 0.6) is 0 Å². The fourth-order valence-electron chi connectivity index (χ4n) is 2.67. The molecule has 0 saturated carbocycles. The van der Waals surface area contributed by atoms with Gasteiger partial charge in [-0.3, -0.25) is 0 Å². The van der Waals surface area contributed by atoms with Gasteiger partial charge < -0.3 is 10.2 Å². The zero-order valence-corrected chi connectivity index (χ0v) is 13.5. The van der Waals surface area contributed by atoms with Crippen LogP contribution in [0.4, 0.5) is 0 Å². The predicted molar refractivity (Wildman–Crippen MR) is 84.6 cm³/mol. The van der Waals surface area contributed by atoms with E-state index in [0.717, 1.165) is 19.4 Å². The van der Waals surface area contributed by atoms with E-state index >= 15 is 0 Å². The number of hydrogen-bond acceptors (Lipinski definition) is 2. The Labute approximate surface area is 119 Å². The van der Waals surface area contributed by atoms with E-state index in [1.165, 1.54) is 11.1 Å². The van der Waals surface area contributed by atoms with Crippen molar-refractivity contribution >= 4 is 0 Å². The van der Waals surface area contributed by atoms with E-state index in [1.807, 2.05) is 0 Å². The summed E-state index contributed by atoms with van der Waals surface area (Å²) in [5, 5.41) is 3.68. The summed E-state index contributed by atoms with van der Waals surface area (Å²) in [6.07, 6.45) is 2.21. The normalized spacial score (nSPS) is 16.4. The molecule has 0 bridgehead atoms. The monoisotopic (exact) mass is 262 g/mol. The molecule has 0 aliphatic carbocycles. The summed E-state index contributed by atoms with van der Waals surface area (Å²) in [6.45, 7) is 10.0. The van der Waals surface area contributed by atoms with E-state index in [-0.39, 0.29) is 5.54 Å². The van der Waals surface area contributed by atoms with Crippen molar-refractivity contribution in [3.63, 3.8) is 0 Å². The Bertz CT molecular complexity index is 387. The number of benzene rings is 1. The van der Waals surface area contributed by atoms with E-state index < -0.39 is 0 Å². The van der Waals surface area contributed by atoms with Crippen LogP contribution in [0, 0.1) is 0 Å². The van der Waals surface area contributed by atoms with Crippen molar-refractivity contribution < 1.29 is 0 Å². The molecule has 0 aromatic heterocycles. The standard InChI is InChI=1S/C17H30N2/c1-7-14-11-10-12-15(13-14)16(18-9-3)17(4,8-2)19(5)6/h10-13,16,18H,7-9H2,1-6H3. The first kappa shape index (κ1) is 16.2. The summed E-state index contributed by atoms with van der Waals surface area (Å²) in [7, 11) is 4.36. The Morgan fingerprint density at radius 3 is 2.37 bits per heavy atom. The molecule has 0 radical (unpaired) electrons. The molecule has 1 aromatic carbocycles. The quantitative estimate of drug-likeness (QED) is 0.807. The van der Waals surface area contributed by atoms with Crippen LogP contribution in [0.3, 0.4) is 0 Å². The maximum Gasteiger partial charge on any atom is 0.0504 e. The summed E-state index contributed by atoms with van der Waals surface area (Å²) < 4.78 is 0. The van der Waals surface area contributed by atoms with Crippen molar-refractivity contribution in [1.29, 1.82) is 0 Å². The van der Waals surface area contributed by atoms with Gasteiger partial charge in [-0.1, -0.05) is 45.0 Å². The topological polar surface area (TPSA) is 15.3 Å². The van der Waals surface area contributed by atoms with Gasteiger partial charge in [-0.25, -0.2) is 0 Å². The maximum absolute atomic E-state index is 3.68. The summed E-state index contributed by atoms with van der Waals surface area (Å²) in [5.41, 5.74) is 2.94. The molecule has 0 amide bonds. The second-order valence-corrected chi connectivity index (χ2v) is 5.69. The highest BCUT2D eigenvalue weighted by atomic mass is 15.2. The minimum absolute atomic E-state index is 0.127. The fourth-order valence-corrected chi connectivity index (χ4v) is 2.67. The first-order valence-electron chi connectivity index (χ1n) is 7.49. The predicted octanol–water partition coefficient (Wildman–Crippen LogP) is 3.63. The van der Waals surface area contributed by atoms with Crippen LogP contribution in [0.25, 0.3) is 0 Å². The van der Waals surface area contributed by atoms with E-state index in [2.05, 4.69) is 76.3 Å². The molecule has 0 spiro atoms. The SMILES string of the molecule is CCNC(c1cccc(CC)c1)C(C)(CC)N(C)C. The average molecular weight is 262 g/mol. The van der Waals surface area contributed by atoms with Gasteiger partial charge >= 0.3 is 0 Å². The molecular formula is C17H30N2. The molecule has 0 fully saturated rings. The van der Waals surface area contributed by atoms with E-state index in [4.69, 9.17) is 0 Å². The van der Waals surface area contributed by atoms with Gasteiger partial charge in [-0.2, -0.15) is 0 Å². The molecule has 0 aliphatic heterocycles. The molecule has 108 valence electrons. The second-order valence-electron chi connectivity index (χ2n) is 5.69. The lowest BCUT2D eigenvalue weighted by Crippen LogP contribution is -2.51. The van der Waals surface area contributed by atoms with Crippen LogP contribution < -0.4 is 5.32 Å². The van der Waals surface area contributed by atoms with Crippen molar-refractivity contribution in [3.8, 4) is 0 Å². The van der Waals surface area contributed by atoms with Crippen molar-refractivity contribution in [1.82, 2.24) is 10.2 Å². The zero-order chi connectivity index (χ0) is 14.5. The minimum Gasteiger partial charge on any atom is -0.309 e. The first-order valence-corrected chi connectivity index (χ1v) is 7.49. The molecule has 1 aromatic rings. The highest BCUT2D eigenvalue weighted by Crippen LogP contribution is 2.33. The van der Waals surface area contributed by atoms with Crippen LogP contribution in [-0.4, -0.2) is 31.1 Å². The van der Waals surface area contributed by atoms with Crippen molar-refractivity contribution in [2.45, 2.75) is 52.1 Å². The van der Waals surface area contributed by atoms with Gasteiger partial charge in [0.15, 0.2) is 0 Å². The number of nitrogens with one attached hydrogen (secondary N) is 1. The summed E-state index contributed by atoms with van der Waals surface area (Å²) in [6, 6.07) is 9.37. The highest BCUT2D eigenvalue weighted by molar-refractivity contribution is 5.28. The van der Waals surface area contributed by atoms with Crippen LogP contribution in [0.2, 0.25) is 0 Å². The molecule has 1 N–H and O–H groups in total. The molecule has 0 saturated heterocycles. The van der Waals surface area contributed by atoms with Crippen LogP contribution in [0.1, 0.15) is 51.3 Å². The molecule has 19 heavy (non-hydrogen) atoms. The Hall–Kier alpha value is -0.860. The van der Waals surface area contributed by atoms with Gasteiger partial charge in [-0.15, -0.1) is 0 Å². The van der Waals surface area contributed by atoms with Gasteiger partial charge in [0.25, 0.3) is 0 Å². The molecule has 0 heterocycles. The fraction of sp³-hybridized carbons (Fsp3) is 0.647. The lowest BCUT2D eigenvalue weighted by atomic mass is 9.83. The van der Waals surface area contributed by atoms with Crippen molar-refractivity contribution in [2.24, 2.45) is 0 Å². The van der Waals surface area contributed by atoms with Gasteiger partial charge in [0.2, 0.25) is 0 Å². The molecule has 2 heteroatoms. The minimum atomic E-state index is 0.127. The maximum atomic E-state index is 3.68. The molecule has 2 unspecified atom stereocenters. The molecule has 1 rings (SSSR count). The average Bonchev–Trinajstić information content (AvgIpc) is 2.43. The summed E-state index contributed by atoms with van der Waals surface area (Å²) in [5.74, 6) is 0. The summed E-state index contributed by atoms with van der Waals surface area (Å²) >= 11 is 0. The third-order valence-electron chi connectivity index (χ3n) is 4.46. The van der Waals surface area contributed by atoms with E-state index in [9.17, 15) is 0 Å². The lowest BCUT2D eigenvalue weighted by Gasteiger charge is -2.43. The number of nitrogens with zero attached hydrogens (tertiary/aromatic N) is 1. The lowest BCUT2D eigenvalue weighted by molar-refractivity contribution is 0.113. The van der Waals surface area contributed by atoms with Gasteiger partial charge in [0.05, 0.1) is 6.04 Å². The third kappa shape index (κ3) is 3.58. The number of hydrogen-bond donors (Lipinski definition) is 1. The molecule has 0 aliphatic rings. The third-order valence-corrected chi connectivity index (χ3v) is 4.46. The Morgan fingerprint density at radius 1 is 1.21 bits per heavy atom. The molecular weight excluding hydrogens is 232 g/mol.